The third-order valence-electron chi connectivity index (χ3n) is 3.17. The lowest BCUT2D eigenvalue weighted by atomic mass is 10.0. The summed E-state index contributed by atoms with van der Waals surface area (Å²) in [6.07, 6.45) is 0. The zero-order chi connectivity index (χ0) is 15.0. The number of aromatic hydroxyl groups is 1. The predicted octanol–water partition coefficient (Wildman–Crippen LogP) is 4.07. The van der Waals surface area contributed by atoms with E-state index in [1.807, 2.05) is 0 Å². The first-order chi connectivity index (χ1) is 10.0. The molecule has 0 radical (unpaired) electrons. The second-order valence-electron chi connectivity index (χ2n) is 4.57. The zero-order valence-electron chi connectivity index (χ0n) is 10.7. The number of carbonyl (C=O) groups is 1. The highest BCUT2D eigenvalue weighted by atomic mass is 79.9. The maximum atomic E-state index is 11.5. The summed E-state index contributed by atoms with van der Waals surface area (Å²) < 4.78 is 0.835. The number of aromatic nitrogens is 1. The number of pyridine rings is 1. The summed E-state index contributed by atoms with van der Waals surface area (Å²) in [6.45, 7) is 0. The fourth-order valence-corrected chi connectivity index (χ4v) is 2.51. The van der Waals surface area contributed by atoms with Crippen molar-refractivity contribution in [3.05, 3.63) is 58.6 Å². The van der Waals surface area contributed by atoms with Gasteiger partial charge in [0.25, 0.3) is 0 Å². The summed E-state index contributed by atoms with van der Waals surface area (Å²) >= 11 is 3.36. The van der Waals surface area contributed by atoms with Crippen LogP contribution in [0.3, 0.4) is 0 Å². The topological polar surface area (TPSA) is 70.4 Å². The van der Waals surface area contributed by atoms with Crippen LogP contribution in [0.5, 0.6) is 5.75 Å². The van der Waals surface area contributed by atoms with Crippen LogP contribution in [0.15, 0.2) is 53.0 Å². The molecule has 1 aromatic heterocycles. The largest absolute Gasteiger partial charge is 0.508 e. The standard InChI is InChI=1S/C16H10BrNO3/c17-10-3-6-12-13(16(20)21)8-14(18-15(12)7-10)9-1-4-11(19)5-2-9/h1-8,19H,(H,20,21). The monoisotopic (exact) mass is 343 g/mol. The van der Waals surface area contributed by atoms with Crippen LogP contribution in [0.2, 0.25) is 0 Å². The van der Waals surface area contributed by atoms with E-state index in [4.69, 9.17) is 0 Å². The minimum Gasteiger partial charge on any atom is -0.508 e. The molecule has 0 atom stereocenters. The molecule has 0 aliphatic carbocycles. The van der Waals surface area contributed by atoms with Crippen molar-refractivity contribution >= 4 is 32.8 Å². The van der Waals surface area contributed by atoms with E-state index < -0.39 is 5.97 Å². The molecule has 2 N–H and O–H groups in total. The van der Waals surface area contributed by atoms with Crippen molar-refractivity contribution < 1.29 is 15.0 Å². The third kappa shape index (κ3) is 2.60. The number of phenolic OH excluding ortho intramolecular Hbond substituents is 1. The number of carboxylic acids is 1. The van der Waals surface area contributed by atoms with Gasteiger partial charge in [-0.1, -0.05) is 22.0 Å². The number of phenols is 1. The Balaban J connectivity index is 2.29. The van der Waals surface area contributed by atoms with Crippen molar-refractivity contribution in [3.8, 4) is 17.0 Å². The van der Waals surface area contributed by atoms with Gasteiger partial charge in [0, 0.05) is 15.4 Å². The van der Waals surface area contributed by atoms with Crippen LogP contribution in [-0.2, 0) is 0 Å². The lowest BCUT2D eigenvalue weighted by molar-refractivity contribution is 0.0699. The minimum absolute atomic E-state index is 0.153. The summed E-state index contributed by atoms with van der Waals surface area (Å²) in [4.78, 5) is 16.0. The Morgan fingerprint density at radius 3 is 2.43 bits per heavy atom. The molecule has 0 amide bonds. The summed E-state index contributed by atoms with van der Waals surface area (Å²) in [6, 6.07) is 13.3. The fourth-order valence-electron chi connectivity index (χ4n) is 2.16. The van der Waals surface area contributed by atoms with E-state index in [2.05, 4.69) is 20.9 Å². The molecule has 0 aliphatic rings. The molecule has 21 heavy (non-hydrogen) atoms. The number of hydrogen-bond acceptors (Lipinski definition) is 3. The summed E-state index contributed by atoms with van der Waals surface area (Å²) in [5, 5.41) is 19.3. The molecule has 3 rings (SSSR count). The highest BCUT2D eigenvalue weighted by Gasteiger charge is 2.13. The average Bonchev–Trinajstić information content (AvgIpc) is 2.46. The van der Waals surface area contributed by atoms with E-state index in [1.165, 1.54) is 0 Å². The van der Waals surface area contributed by atoms with Crippen molar-refractivity contribution in [1.82, 2.24) is 4.98 Å². The van der Waals surface area contributed by atoms with Crippen LogP contribution in [0.25, 0.3) is 22.2 Å². The Bertz CT molecular complexity index is 844. The van der Waals surface area contributed by atoms with Gasteiger partial charge in [-0.15, -0.1) is 0 Å². The Morgan fingerprint density at radius 2 is 1.76 bits per heavy atom. The lowest BCUT2D eigenvalue weighted by Gasteiger charge is -2.07. The van der Waals surface area contributed by atoms with E-state index in [1.54, 1.807) is 48.5 Å². The average molecular weight is 344 g/mol. The number of aromatic carboxylic acids is 1. The molecule has 2 aromatic carbocycles. The molecule has 0 unspecified atom stereocenters. The molecule has 0 saturated carbocycles. The molecule has 4 nitrogen and oxygen atoms in total. The summed E-state index contributed by atoms with van der Waals surface area (Å²) in [7, 11) is 0. The third-order valence-corrected chi connectivity index (χ3v) is 3.66. The first-order valence-electron chi connectivity index (χ1n) is 6.17. The molecule has 0 fully saturated rings. The van der Waals surface area contributed by atoms with Crippen molar-refractivity contribution in [2.24, 2.45) is 0 Å². The molecular formula is C16H10BrNO3. The smallest absolute Gasteiger partial charge is 0.336 e. The fraction of sp³-hybridized carbons (Fsp3) is 0. The maximum Gasteiger partial charge on any atom is 0.336 e. The molecule has 5 heteroatoms. The van der Waals surface area contributed by atoms with Gasteiger partial charge in [-0.25, -0.2) is 9.78 Å². The van der Waals surface area contributed by atoms with Gasteiger partial charge in [0.2, 0.25) is 0 Å². The zero-order valence-corrected chi connectivity index (χ0v) is 12.3. The van der Waals surface area contributed by atoms with Crippen LogP contribution >= 0.6 is 15.9 Å². The highest BCUT2D eigenvalue weighted by Crippen LogP contribution is 2.27. The number of carboxylic acid groups (broad SMARTS) is 1. The molecule has 104 valence electrons. The molecule has 0 saturated heterocycles. The Kier molecular flexibility index (Phi) is 3.35. The Labute approximate surface area is 128 Å². The molecule has 0 aliphatic heterocycles. The van der Waals surface area contributed by atoms with E-state index in [0.29, 0.717) is 16.6 Å². The van der Waals surface area contributed by atoms with Gasteiger partial charge >= 0.3 is 5.97 Å². The second-order valence-corrected chi connectivity index (χ2v) is 5.48. The van der Waals surface area contributed by atoms with E-state index in [-0.39, 0.29) is 11.3 Å². The Hall–Kier alpha value is -2.40. The highest BCUT2D eigenvalue weighted by molar-refractivity contribution is 9.10. The van der Waals surface area contributed by atoms with Gasteiger partial charge in [-0.3, -0.25) is 0 Å². The molecular weight excluding hydrogens is 334 g/mol. The van der Waals surface area contributed by atoms with Crippen LogP contribution in [-0.4, -0.2) is 21.2 Å². The minimum atomic E-state index is -0.996. The van der Waals surface area contributed by atoms with E-state index in [0.717, 1.165) is 10.0 Å². The Morgan fingerprint density at radius 1 is 1.05 bits per heavy atom. The quantitative estimate of drug-likeness (QED) is 0.735. The van der Waals surface area contributed by atoms with E-state index in [9.17, 15) is 15.0 Å². The molecule has 0 bridgehead atoms. The van der Waals surface area contributed by atoms with Crippen LogP contribution in [0.1, 0.15) is 10.4 Å². The van der Waals surface area contributed by atoms with Gasteiger partial charge in [-0.05, 0) is 42.5 Å². The molecule has 3 aromatic rings. The normalized spacial score (nSPS) is 10.7. The molecule has 1 heterocycles. The van der Waals surface area contributed by atoms with Gasteiger partial charge in [0.05, 0.1) is 16.8 Å². The summed E-state index contributed by atoms with van der Waals surface area (Å²) in [5.41, 5.74) is 2.11. The van der Waals surface area contributed by atoms with Gasteiger partial charge < -0.3 is 10.2 Å². The number of fused-ring (bicyclic) bond motifs is 1. The van der Waals surface area contributed by atoms with Crippen LogP contribution < -0.4 is 0 Å². The number of rotatable bonds is 2. The number of halogens is 1. The molecule has 0 spiro atoms. The SMILES string of the molecule is O=C(O)c1cc(-c2ccc(O)cc2)nc2cc(Br)ccc12. The van der Waals surface area contributed by atoms with Crippen LogP contribution in [0, 0.1) is 0 Å². The second kappa shape index (κ2) is 5.18. The first-order valence-corrected chi connectivity index (χ1v) is 6.97. The van der Waals surface area contributed by atoms with Crippen molar-refractivity contribution in [3.63, 3.8) is 0 Å². The van der Waals surface area contributed by atoms with Gasteiger partial charge in [0.15, 0.2) is 0 Å². The van der Waals surface area contributed by atoms with Crippen molar-refractivity contribution in [1.29, 1.82) is 0 Å². The van der Waals surface area contributed by atoms with Crippen molar-refractivity contribution in [2.75, 3.05) is 0 Å². The number of hydrogen-bond donors (Lipinski definition) is 2. The lowest BCUT2D eigenvalue weighted by Crippen LogP contribution is -2.00. The van der Waals surface area contributed by atoms with Gasteiger partial charge in [0.1, 0.15) is 5.75 Å². The van der Waals surface area contributed by atoms with E-state index >= 15 is 0 Å². The van der Waals surface area contributed by atoms with Crippen LogP contribution in [0.4, 0.5) is 0 Å². The predicted molar refractivity (Wildman–Crippen MR) is 83.5 cm³/mol. The number of benzene rings is 2. The first kappa shape index (κ1) is 13.6. The number of nitrogens with zero attached hydrogens (tertiary/aromatic N) is 1. The van der Waals surface area contributed by atoms with Gasteiger partial charge in [-0.2, -0.15) is 0 Å². The van der Waals surface area contributed by atoms with Crippen molar-refractivity contribution in [2.45, 2.75) is 0 Å². The maximum absolute atomic E-state index is 11.5. The summed E-state index contributed by atoms with van der Waals surface area (Å²) in [5.74, 6) is -0.842.